The monoisotopic (exact) mass is 267 g/mol. The van der Waals surface area contributed by atoms with Crippen LogP contribution in [0.5, 0.6) is 0 Å². The highest BCUT2D eigenvalue weighted by Crippen LogP contribution is 2.32. The lowest BCUT2D eigenvalue weighted by atomic mass is 10.0. The molecule has 1 aliphatic rings. The molecule has 1 aromatic heterocycles. The minimum Gasteiger partial charge on any atom is -0.339 e. The van der Waals surface area contributed by atoms with Crippen LogP contribution in [0.2, 0.25) is 0 Å². The van der Waals surface area contributed by atoms with Crippen molar-refractivity contribution in [3.05, 3.63) is 47.1 Å². The van der Waals surface area contributed by atoms with Gasteiger partial charge in [0.05, 0.1) is 6.07 Å². The summed E-state index contributed by atoms with van der Waals surface area (Å²) in [6, 6.07) is 10.7. The quantitative estimate of drug-likeness (QED) is 0.854. The summed E-state index contributed by atoms with van der Waals surface area (Å²) in [5.74, 6) is 2.05. The van der Waals surface area contributed by atoms with E-state index in [-0.39, 0.29) is 5.92 Å². The Hall–Kier alpha value is -2.15. The summed E-state index contributed by atoms with van der Waals surface area (Å²) in [6.07, 6.45) is 3.18. The Kier molecular flexibility index (Phi) is 3.51. The normalized spacial score (nSPS) is 15.8. The highest BCUT2D eigenvalue weighted by atomic mass is 16.5. The van der Waals surface area contributed by atoms with E-state index in [1.807, 2.05) is 6.92 Å². The summed E-state index contributed by atoms with van der Waals surface area (Å²) in [7, 11) is 0. The van der Waals surface area contributed by atoms with Crippen molar-refractivity contribution in [3.63, 3.8) is 0 Å². The molecule has 0 saturated heterocycles. The number of nitriles is 1. The summed E-state index contributed by atoms with van der Waals surface area (Å²) in [5, 5.41) is 12.8. The molecule has 4 nitrogen and oxygen atoms in total. The molecule has 20 heavy (non-hydrogen) atoms. The van der Waals surface area contributed by atoms with Crippen LogP contribution in [0.1, 0.15) is 42.1 Å². The first-order valence-corrected chi connectivity index (χ1v) is 7.02. The lowest BCUT2D eigenvalue weighted by molar-refractivity contribution is 0.352. The lowest BCUT2D eigenvalue weighted by Gasteiger charge is -2.02. The van der Waals surface area contributed by atoms with Gasteiger partial charge < -0.3 is 4.52 Å². The minimum absolute atomic E-state index is 0.258. The molecule has 1 aromatic carbocycles. The van der Waals surface area contributed by atoms with Crippen molar-refractivity contribution in [1.82, 2.24) is 10.1 Å². The Bertz CT molecular complexity index is 616. The van der Waals surface area contributed by atoms with E-state index >= 15 is 0 Å². The molecule has 4 heteroatoms. The zero-order chi connectivity index (χ0) is 13.9. The maximum atomic E-state index is 8.68. The van der Waals surface area contributed by atoms with E-state index in [0.717, 1.165) is 18.7 Å². The van der Waals surface area contributed by atoms with Gasteiger partial charge in [0.1, 0.15) is 0 Å². The van der Waals surface area contributed by atoms with Gasteiger partial charge in [0.15, 0.2) is 5.82 Å². The van der Waals surface area contributed by atoms with E-state index in [9.17, 15) is 0 Å². The Labute approximate surface area is 118 Å². The van der Waals surface area contributed by atoms with Crippen molar-refractivity contribution >= 4 is 0 Å². The first-order chi connectivity index (χ1) is 9.76. The third-order valence-corrected chi connectivity index (χ3v) is 3.86. The van der Waals surface area contributed by atoms with Gasteiger partial charge in [0, 0.05) is 18.8 Å². The van der Waals surface area contributed by atoms with E-state index in [4.69, 9.17) is 9.78 Å². The van der Waals surface area contributed by atoms with Crippen LogP contribution in [-0.4, -0.2) is 10.1 Å². The summed E-state index contributed by atoms with van der Waals surface area (Å²) < 4.78 is 5.32. The van der Waals surface area contributed by atoms with Crippen LogP contribution < -0.4 is 0 Å². The van der Waals surface area contributed by atoms with Crippen LogP contribution in [0.15, 0.2) is 28.8 Å². The van der Waals surface area contributed by atoms with E-state index in [2.05, 4.69) is 40.5 Å². The summed E-state index contributed by atoms with van der Waals surface area (Å²) in [5.41, 5.74) is 2.78. The highest BCUT2D eigenvalue weighted by molar-refractivity contribution is 5.34. The molecule has 0 amide bonds. The van der Waals surface area contributed by atoms with Crippen LogP contribution >= 0.6 is 0 Å². The number of rotatable bonds is 4. The van der Waals surface area contributed by atoms with Crippen molar-refractivity contribution in [2.75, 3.05) is 0 Å². The van der Waals surface area contributed by atoms with Crippen LogP contribution in [0.25, 0.3) is 0 Å². The molecule has 0 bridgehead atoms. The average molecular weight is 267 g/mol. The number of benzene rings is 1. The van der Waals surface area contributed by atoms with Crippen LogP contribution in [0.3, 0.4) is 0 Å². The lowest BCUT2D eigenvalue weighted by Crippen LogP contribution is -2.02. The first kappa shape index (κ1) is 12.9. The molecular formula is C16H17N3O. The topological polar surface area (TPSA) is 62.7 Å². The predicted octanol–water partition coefficient (Wildman–Crippen LogP) is 3.04. The van der Waals surface area contributed by atoms with Gasteiger partial charge in [-0.2, -0.15) is 10.2 Å². The number of nitrogens with zero attached hydrogens (tertiary/aromatic N) is 3. The smallest absolute Gasteiger partial charge is 0.226 e. The van der Waals surface area contributed by atoms with E-state index < -0.39 is 0 Å². The maximum absolute atomic E-state index is 8.68. The molecule has 0 fully saturated rings. The molecule has 0 radical (unpaired) electrons. The van der Waals surface area contributed by atoms with E-state index in [1.54, 1.807) is 0 Å². The molecule has 102 valence electrons. The molecule has 2 aromatic rings. The third kappa shape index (κ3) is 2.57. The van der Waals surface area contributed by atoms with E-state index in [1.165, 1.54) is 11.1 Å². The predicted molar refractivity (Wildman–Crippen MR) is 74.0 cm³/mol. The van der Waals surface area contributed by atoms with Gasteiger partial charge in [0.2, 0.25) is 5.89 Å². The van der Waals surface area contributed by atoms with Crippen molar-refractivity contribution < 1.29 is 4.52 Å². The summed E-state index contributed by atoms with van der Waals surface area (Å²) in [6.45, 7) is 2.03. The molecule has 1 unspecified atom stereocenters. The molecule has 0 N–H and O–H groups in total. The number of hydrogen-bond acceptors (Lipinski definition) is 4. The Morgan fingerprint density at radius 3 is 2.70 bits per heavy atom. The fourth-order valence-electron chi connectivity index (χ4n) is 2.78. The zero-order valence-corrected chi connectivity index (χ0v) is 11.5. The average Bonchev–Trinajstić information content (AvgIpc) is 3.04. The second kappa shape index (κ2) is 5.46. The second-order valence-corrected chi connectivity index (χ2v) is 5.59. The highest BCUT2D eigenvalue weighted by Gasteiger charge is 2.26. The van der Waals surface area contributed by atoms with Gasteiger partial charge in [-0.25, -0.2) is 0 Å². The molecule has 0 aliphatic heterocycles. The summed E-state index contributed by atoms with van der Waals surface area (Å²) >= 11 is 0. The molecule has 0 spiro atoms. The Balaban J connectivity index is 1.68. The third-order valence-electron chi connectivity index (χ3n) is 3.86. The molecule has 1 aliphatic carbocycles. The SMILES string of the molecule is CC(CC#N)Cc1nc(C2Cc3ccccc3C2)no1. The number of fused-ring (bicyclic) bond motifs is 1. The molecule has 1 atom stereocenters. The first-order valence-electron chi connectivity index (χ1n) is 7.02. The Morgan fingerprint density at radius 1 is 1.35 bits per heavy atom. The van der Waals surface area contributed by atoms with Gasteiger partial charge in [-0.1, -0.05) is 36.3 Å². The van der Waals surface area contributed by atoms with Crippen LogP contribution in [-0.2, 0) is 19.3 Å². The standard InChI is InChI=1S/C16H17N3O/c1-11(6-7-17)8-15-18-16(19-20-15)14-9-12-4-2-3-5-13(12)10-14/h2-5,11,14H,6,8-10H2,1H3. The molecule has 1 heterocycles. The Morgan fingerprint density at radius 2 is 2.05 bits per heavy atom. The fraction of sp³-hybridized carbons (Fsp3) is 0.438. The largest absolute Gasteiger partial charge is 0.339 e. The maximum Gasteiger partial charge on any atom is 0.226 e. The van der Waals surface area contributed by atoms with Gasteiger partial charge in [-0.3, -0.25) is 0 Å². The van der Waals surface area contributed by atoms with Gasteiger partial charge >= 0.3 is 0 Å². The number of aromatic nitrogens is 2. The fourth-order valence-corrected chi connectivity index (χ4v) is 2.78. The number of hydrogen-bond donors (Lipinski definition) is 0. The molecule has 0 saturated carbocycles. The van der Waals surface area contributed by atoms with E-state index in [0.29, 0.717) is 24.7 Å². The molecular weight excluding hydrogens is 250 g/mol. The van der Waals surface area contributed by atoms with Gasteiger partial charge in [0.25, 0.3) is 0 Å². The zero-order valence-electron chi connectivity index (χ0n) is 11.5. The van der Waals surface area contributed by atoms with Crippen LogP contribution in [0, 0.1) is 17.2 Å². The van der Waals surface area contributed by atoms with Crippen molar-refractivity contribution in [3.8, 4) is 6.07 Å². The minimum atomic E-state index is 0.258. The van der Waals surface area contributed by atoms with Gasteiger partial charge in [-0.15, -0.1) is 0 Å². The van der Waals surface area contributed by atoms with Gasteiger partial charge in [-0.05, 0) is 29.9 Å². The van der Waals surface area contributed by atoms with Crippen molar-refractivity contribution in [2.45, 2.75) is 38.5 Å². The van der Waals surface area contributed by atoms with Crippen LogP contribution in [0.4, 0.5) is 0 Å². The van der Waals surface area contributed by atoms with Crippen molar-refractivity contribution in [2.24, 2.45) is 5.92 Å². The second-order valence-electron chi connectivity index (χ2n) is 5.59. The summed E-state index contributed by atoms with van der Waals surface area (Å²) in [4.78, 5) is 4.51. The molecule has 3 rings (SSSR count). The van der Waals surface area contributed by atoms with Crippen molar-refractivity contribution in [1.29, 1.82) is 5.26 Å².